The van der Waals surface area contributed by atoms with Gasteiger partial charge in [-0.2, -0.15) is 4.98 Å². The summed E-state index contributed by atoms with van der Waals surface area (Å²) in [5, 5.41) is 18.8. The molecule has 0 aromatic carbocycles. The number of hydrogen-bond acceptors (Lipinski definition) is 6. The molecular formula is C11H17N3O4. The van der Waals surface area contributed by atoms with E-state index in [0.29, 0.717) is 0 Å². The summed E-state index contributed by atoms with van der Waals surface area (Å²) in [6, 6.07) is 1.51. The van der Waals surface area contributed by atoms with Crippen molar-refractivity contribution in [3.05, 3.63) is 22.7 Å². The highest BCUT2D eigenvalue weighted by atomic mass is 16.5. The van der Waals surface area contributed by atoms with Crippen molar-refractivity contribution in [1.82, 2.24) is 9.55 Å². The van der Waals surface area contributed by atoms with Gasteiger partial charge in [0.1, 0.15) is 12.0 Å². The van der Waals surface area contributed by atoms with Crippen molar-refractivity contribution >= 4 is 5.82 Å². The fourth-order valence-electron chi connectivity index (χ4n) is 2.20. The normalized spacial score (nSPS) is 26.4. The van der Waals surface area contributed by atoms with Gasteiger partial charge in [0.25, 0.3) is 0 Å². The SMILES string of the molecule is C[C@@H]1[C@H](n2ccc(N)nc2=O)OCC1(CO)CO. The third-order valence-corrected chi connectivity index (χ3v) is 3.69. The number of aliphatic hydroxyl groups excluding tert-OH is 2. The molecule has 0 amide bonds. The minimum absolute atomic E-state index is 0.150. The van der Waals surface area contributed by atoms with Gasteiger partial charge in [-0.1, -0.05) is 6.92 Å². The predicted octanol–water partition coefficient (Wildman–Crippen LogP) is -1.04. The van der Waals surface area contributed by atoms with Crippen LogP contribution >= 0.6 is 0 Å². The lowest BCUT2D eigenvalue weighted by Crippen LogP contribution is -2.38. The Balaban J connectivity index is 2.34. The molecule has 7 heteroatoms. The van der Waals surface area contributed by atoms with E-state index in [-0.39, 0.29) is 31.6 Å². The first kappa shape index (κ1) is 13.0. The molecule has 0 aliphatic carbocycles. The fraction of sp³-hybridized carbons (Fsp3) is 0.636. The van der Waals surface area contributed by atoms with Gasteiger partial charge in [-0.25, -0.2) is 4.79 Å². The van der Waals surface area contributed by atoms with Gasteiger partial charge < -0.3 is 20.7 Å². The summed E-state index contributed by atoms with van der Waals surface area (Å²) in [6.45, 7) is 1.63. The van der Waals surface area contributed by atoms with Crippen molar-refractivity contribution in [3.8, 4) is 0 Å². The molecule has 18 heavy (non-hydrogen) atoms. The molecule has 0 saturated carbocycles. The van der Waals surface area contributed by atoms with E-state index in [1.165, 1.54) is 16.8 Å². The highest BCUT2D eigenvalue weighted by molar-refractivity contribution is 5.23. The molecule has 1 fully saturated rings. The summed E-state index contributed by atoms with van der Waals surface area (Å²) in [6.07, 6.45) is 0.960. The number of rotatable bonds is 3. The smallest absolute Gasteiger partial charge is 0.351 e. The lowest BCUT2D eigenvalue weighted by molar-refractivity contribution is 0.0213. The highest BCUT2D eigenvalue weighted by Gasteiger charge is 2.47. The molecular weight excluding hydrogens is 238 g/mol. The van der Waals surface area contributed by atoms with Crippen LogP contribution in [0.25, 0.3) is 0 Å². The van der Waals surface area contributed by atoms with Gasteiger partial charge in [-0.15, -0.1) is 0 Å². The Hall–Kier alpha value is -1.44. The molecule has 0 unspecified atom stereocenters. The van der Waals surface area contributed by atoms with E-state index in [2.05, 4.69) is 4.98 Å². The van der Waals surface area contributed by atoms with Crippen LogP contribution in [0.4, 0.5) is 5.82 Å². The zero-order valence-electron chi connectivity index (χ0n) is 10.1. The third kappa shape index (κ3) is 1.90. The van der Waals surface area contributed by atoms with E-state index < -0.39 is 17.3 Å². The van der Waals surface area contributed by atoms with Crippen LogP contribution in [-0.4, -0.2) is 39.6 Å². The van der Waals surface area contributed by atoms with Crippen molar-refractivity contribution in [2.45, 2.75) is 13.2 Å². The van der Waals surface area contributed by atoms with Crippen molar-refractivity contribution in [2.75, 3.05) is 25.6 Å². The first-order valence-electron chi connectivity index (χ1n) is 5.72. The lowest BCUT2D eigenvalue weighted by Gasteiger charge is -2.29. The molecule has 1 aliphatic heterocycles. The van der Waals surface area contributed by atoms with Crippen LogP contribution in [0.5, 0.6) is 0 Å². The Kier molecular flexibility index (Phi) is 3.38. The Morgan fingerprint density at radius 3 is 2.78 bits per heavy atom. The molecule has 0 spiro atoms. The minimum Gasteiger partial charge on any atom is -0.396 e. The summed E-state index contributed by atoms with van der Waals surface area (Å²) in [4.78, 5) is 15.4. The van der Waals surface area contributed by atoms with E-state index in [0.717, 1.165) is 0 Å². The van der Waals surface area contributed by atoms with Crippen LogP contribution in [0.2, 0.25) is 0 Å². The van der Waals surface area contributed by atoms with Gasteiger partial charge in [-0.3, -0.25) is 4.57 Å². The van der Waals surface area contributed by atoms with Crippen molar-refractivity contribution in [3.63, 3.8) is 0 Å². The Morgan fingerprint density at radius 2 is 2.28 bits per heavy atom. The average Bonchev–Trinajstić information content (AvgIpc) is 2.68. The van der Waals surface area contributed by atoms with Crippen LogP contribution in [0.1, 0.15) is 13.2 Å². The van der Waals surface area contributed by atoms with E-state index >= 15 is 0 Å². The maximum atomic E-state index is 11.7. The average molecular weight is 255 g/mol. The molecule has 0 radical (unpaired) electrons. The molecule has 2 atom stereocenters. The fourth-order valence-corrected chi connectivity index (χ4v) is 2.20. The number of anilines is 1. The summed E-state index contributed by atoms with van der Waals surface area (Å²) < 4.78 is 6.86. The van der Waals surface area contributed by atoms with E-state index in [4.69, 9.17) is 10.5 Å². The molecule has 1 aromatic heterocycles. The van der Waals surface area contributed by atoms with Crippen molar-refractivity contribution in [1.29, 1.82) is 0 Å². The second-order valence-corrected chi connectivity index (χ2v) is 4.71. The molecule has 4 N–H and O–H groups in total. The predicted molar refractivity (Wildman–Crippen MR) is 63.7 cm³/mol. The first-order chi connectivity index (χ1) is 8.54. The number of aromatic nitrogens is 2. The van der Waals surface area contributed by atoms with Crippen LogP contribution in [0.3, 0.4) is 0 Å². The second kappa shape index (κ2) is 4.68. The lowest BCUT2D eigenvalue weighted by atomic mass is 9.79. The summed E-state index contributed by atoms with van der Waals surface area (Å²) >= 11 is 0. The highest BCUT2D eigenvalue weighted by Crippen LogP contribution is 2.42. The zero-order valence-corrected chi connectivity index (χ0v) is 10.1. The molecule has 1 saturated heterocycles. The van der Waals surface area contributed by atoms with Crippen LogP contribution in [-0.2, 0) is 4.74 Å². The standard InChI is InChI=1S/C11H17N3O4/c1-7-9(18-6-11(7,4-15)5-16)14-3-2-8(12)13-10(14)17/h2-3,7,9,15-16H,4-6H2,1H3,(H2,12,13,17)/t7-,9-/m1/s1. The summed E-state index contributed by atoms with van der Waals surface area (Å²) in [7, 11) is 0. The van der Waals surface area contributed by atoms with Gasteiger partial charge in [0.05, 0.1) is 19.8 Å². The van der Waals surface area contributed by atoms with E-state index in [9.17, 15) is 15.0 Å². The van der Waals surface area contributed by atoms with Gasteiger partial charge in [0.15, 0.2) is 0 Å². The molecule has 7 nitrogen and oxygen atoms in total. The van der Waals surface area contributed by atoms with Gasteiger partial charge in [0.2, 0.25) is 0 Å². The number of nitrogen functional groups attached to an aromatic ring is 1. The number of hydrogen-bond donors (Lipinski definition) is 3. The Morgan fingerprint density at radius 1 is 1.61 bits per heavy atom. The molecule has 1 aliphatic rings. The van der Waals surface area contributed by atoms with E-state index in [1.807, 2.05) is 6.92 Å². The largest absolute Gasteiger partial charge is 0.396 e. The van der Waals surface area contributed by atoms with Crippen LogP contribution < -0.4 is 11.4 Å². The third-order valence-electron chi connectivity index (χ3n) is 3.69. The number of ether oxygens (including phenoxy) is 1. The monoisotopic (exact) mass is 255 g/mol. The quantitative estimate of drug-likeness (QED) is 0.636. The van der Waals surface area contributed by atoms with Crippen LogP contribution in [0, 0.1) is 11.3 Å². The molecule has 2 rings (SSSR count). The molecule has 100 valence electrons. The Bertz CT molecular complexity index is 483. The molecule has 2 heterocycles. The zero-order chi connectivity index (χ0) is 13.3. The summed E-state index contributed by atoms with van der Waals surface area (Å²) in [5.74, 6) is -0.0619. The van der Waals surface area contributed by atoms with Crippen molar-refractivity contribution < 1.29 is 14.9 Å². The van der Waals surface area contributed by atoms with Gasteiger partial charge in [-0.05, 0) is 6.07 Å². The minimum atomic E-state index is -0.731. The maximum Gasteiger partial charge on any atom is 0.351 e. The maximum absolute atomic E-state index is 11.7. The summed E-state index contributed by atoms with van der Waals surface area (Å²) in [5.41, 5.74) is 4.19. The van der Waals surface area contributed by atoms with Gasteiger partial charge >= 0.3 is 5.69 Å². The van der Waals surface area contributed by atoms with Gasteiger partial charge in [0, 0.05) is 17.5 Å². The van der Waals surface area contributed by atoms with Crippen LogP contribution in [0.15, 0.2) is 17.1 Å². The molecule has 1 aromatic rings. The van der Waals surface area contributed by atoms with E-state index in [1.54, 1.807) is 0 Å². The number of aliphatic hydroxyl groups is 2. The second-order valence-electron chi connectivity index (χ2n) is 4.71. The van der Waals surface area contributed by atoms with Crippen molar-refractivity contribution in [2.24, 2.45) is 11.3 Å². The topological polar surface area (TPSA) is 111 Å². The Labute approximate surface area is 104 Å². The first-order valence-corrected chi connectivity index (χ1v) is 5.72. The number of nitrogens with zero attached hydrogens (tertiary/aromatic N) is 2. The molecule has 0 bridgehead atoms. The number of nitrogens with two attached hydrogens (primary N) is 1.